The van der Waals surface area contributed by atoms with Crippen LogP contribution in [-0.4, -0.2) is 28.4 Å². The Kier molecular flexibility index (Phi) is 5.49. The van der Waals surface area contributed by atoms with Gasteiger partial charge in [-0.3, -0.25) is 19.7 Å². The maximum Gasteiger partial charge on any atom is 0.317 e. The number of azo groups is 1. The predicted molar refractivity (Wildman–Crippen MR) is 90.8 cm³/mol. The summed E-state index contributed by atoms with van der Waals surface area (Å²) in [7, 11) is 0. The molecule has 1 unspecified atom stereocenters. The van der Waals surface area contributed by atoms with Crippen LogP contribution in [0.5, 0.6) is 0 Å². The van der Waals surface area contributed by atoms with Crippen molar-refractivity contribution in [3.8, 4) is 0 Å². The average molecular weight is 361 g/mol. The Morgan fingerprint density at radius 1 is 1.38 bits per heavy atom. The minimum absolute atomic E-state index is 0.0498. The Morgan fingerprint density at radius 2 is 2.04 bits per heavy atom. The molecule has 0 spiro atoms. The lowest BCUT2D eigenvalue weighted by molar-refractivity contribution is -0.384. The molecular formula is C17H19N3O6. The molecule has 9 heteroatoms. The smallest absolute Gasteiger partial charge is 0.317 e. The normalized spacial score (nSPS) is 19.7. The molecule has 9 nitrogen and oxygen atoms in total. The highest BCUT2D eigenvalue weighted by molar-refractivity contribution is 5.99. The molecule has 0 radical (unpaired) electrons. The van der Waals surface area contributed by atoms with E-state index in [1.165, 1.54) is 24.3 Å². The average Bonchev–Trinajstić information content (AvgIpc) is 2.53. The minimum Gasteiger partial charge on any atom is -0.509 e. The van der Waals surface area contributed by atoms with Crippen molar-refractivity contribution < 1.29 is 24.4 Å². The van der Waals surface area contributed by atoms with E-state index in [9.17, 15) is 24.8 Å². The van der Waals surface area contributed by atoms with Gasteiger partial charge in [-0.25, -0.2) is 0 Å². The van der Waals surface area contributed by atoms with Gasteiger partial charge in [-0.05, 0) is 18.4 Å². The Bertz CT molecular complexity index is 812. The fraction of sp³-hybridized carbons (Fsp3) is 0.412. The Labute approximate surface area is 149 Å². The maximum atomic E-state index is 12.3. The maximum absolute atomic E-state index is 12.3. The number of carbonyl (C=O) groups excluding carboxylic acids is 2. The van der Waals surface area contributed by atoms with E-state index in [2.05, 4.69) is 10.2 Å². The monoisotopic (exact) mass is 361 g/mol. The number of nitro benzene ring substituents is 1. The minimum atomic E-state index is -1.07. The molecule has 1 N–H and O–H groups in total. The summed E-state index contributed by atoms with van der Waals surface area (Å²) in [5.74, 6) is -2.77. The van der Waals surface area contributed by atoms with Crippen LogP contribution in [0.3, 0.4) is 0 Å². The molecule has 138 valence electrons. The van der Waals surface area contributed by atoms with Crippen LogP contribution in [0, 0.1) is 21.4 Å². The van der Waals surface area contributed by atoms with E-state index >= 15 is 0 Å². The van der Waals surface area contributed by atoms with E-state index in [0.29, 0.717) is 0 Å². The second-order valence-corrected chi connectivity index (χ2v) is 6.45. The zero-order chi connectivity index (χ0) is 19.5. The fourth-order valence-electron chi connectivity index (χ4n) is 2.82. The van der Waals surface area contributed by atoms with Gasteiger partial charge in [-0.15, -0.1) is 10.2 Å². The van der Waals surface area contributed by atoms with Crippen molar-refractivity contribution in [1.29, 1.82) is 0 Å². The summed E-state index contributed by atoms with van der Waals surface area (Å²) >= 11 is 0. The third-order valence-corrected chi connectivity index (χ3v) is 4.04. The van der Waals surface area contributed by atoms with E-state index in [4.69, 9.17) is 4.74 Å². The van der Waals surface area contributed by atoms with E-state index in [-0.39, 0.29) is 30.1 Å². The van der Waals surface area contributed by atoms with Gasteiger partial charge in [0.2, 0.25) is 0 Å². The van der Waals surface area contributed by atoms with Gasteiger partial charge in [-0.2, -0.15) is 0 Å². The first-order valence-electron chi connectivity index (χ1n) is 7.97. The van der Waals surface area contributed by atoms with Crippen molar-refractivity contribution in [3.63, 3.8) is 0 Å². The van der Waals surface area contributed by atoms with Gasteiger partial charge < -0.3 is 9.84 Å². The Morgan fingerprint density at radius 3 is 2.65 bits per heavy atom. The number of nitrogens with zero attached hydrogens (tertiary/aromatic N) is 3. The van der Waals surface area contributed by atoms with Gasteiger partial charge in [0.15, 0.2) is 17.2 Å². The number of ether oxygens (including phenoxy) is 1. The standard InChI is InChI=1S/C17H19N3O6/c1-4-26-16(23)13-15(22)14(12(21)9-17(13,2)3)19-18-10-7-5-6-8-11(10)20(24)25/h5-8,13,22H,4,9H2,1-3H3. The SMILES string of the molecule is CCOC(=O)C1C(O)=C(N=Nc2ccccc2[N+](=O)[O-])C(=O)CC1(C)C. The van der Waals surface area contributed by atoms with Crippen molar-refractivity contribution in [3.05, 3.63) is 45.8 Å². The predicted octanol–water partition coefficient (Wildman–Crippen LogP) is 3.63. The number of carbonyl (C=O) groups is 2. The molecular weight excluding hydrogens is 342 g/mol. The Balaban J connectivity index is 2.47. The summed E-state index contributed by atoms with van der Waals surface area (Å²) in [5.41, 5.74) is -1.60. The zero-order valence-electron chi connectivity index (χ0n) is 14.6. The second-order valence-electron chi connectivity index (χ2n) is 6.45. The summed E-state index contributed by atoms with van der Waals surface area (Å²) in [6.45, 7) is 5.09. The molecule has 0 aromatic heterocycles. The molecule has 0 fully saturated rings. The molecule has 0 heterocycles. The molecule has 2 rings (SSSR count). The lowest BCUT2D eigenvalue weighted by Crippen LogP contribution is -2.40. The summed E-state index contributed by atoms with van der Waals surface area (Å²) in [6, 6.07) is 5.61. The van der Waals surface area contributed by atoms with Crippen molar-refractivity contribution in [1.82, 2.24) is 0 Å². The van der Waals surface area contributed by atoms with Crippen LogP contribution >= 0.6 is 0 Å². The van der Waals surface area contributed by atoms with Gasteiger partial charge in [-0.1, -0.05) is 26.0 Å². The third-order valence-electron chi connectivity index (χ3n) is 4.04. The van der Waals surface area contributed by atoms with Crippen LogP contribution in [0.1, 0.15) is 27.2 Å². The molecule has 0 saturated carbocycles. The number of rotatable bonds is 5. The number of aliphatic hydroxyl groups is 1. The zero-order valence-corrected chi connectivity index (χ0v) is 14.6. The summed E-state index contributed by atoms with van der Waals surface area (Å²) < 4.78 is 4.98. The van der Waals surface area contributed by atoms with Crippen molar-refractivity contribution >= 4 is 23.1 Å². The first-order chi connectivity index (χ1) is 12.2. The lowest BCUT2D eigenvalue weighted by Gasteiger charge is -2.35. The van der Waals surface area contributed by atoms with Gasteiger partial charge in [0.05, 0.1) is 11.5 Å². The second kappa shape index (κ2) is 7.42. The highest BCUT2D eigenvalue weighted by Crippen LogP contribution is 2.42. The van der Waals surface area contributed by atoms with Gasteiger partial charge in [0, 0.05) is 12.5 Å². The summed E-state index contributed by atoms with van der Waals surface area (Å²) in [6.07, 6.45) is -0.0498. The third kappa shape index (κ3) is 3.76. The van der Waals surface area contributed by atoms with Crippen molar-refractivity contribution in [2.45, 2.75) is 27.2 Å². The molecule has 0 bridgehead atoms. The van der Waals surface area contributed by atoms with Crippen molar-refractivity contribution in [2.75, 3.05) is 6.61 Å². The number of esters is 1. The van der Waals surface area contributed by atoms with Crippen LogP contribution < -0.4 is 0 Å². The van der Waals surface area contributed by atoms with E-state index < -0.39 is 33.8 Å². The molecule has 1 aromatic carbocycles. The number of hydrogen-bond donors (Lipinski definition) is 1. The number of ketones is 1. The molecule has 1 atom stereocenters. The lowest BCUT2D eigenvalue weighted by atomic mass is 9.70. The van der Waals surface area contributed by atoms with Crippen LogP contribution in [0.15, 0.2) is 46.0 Å². The highest BCUT2D eigenvalue weighted by Gasteiger charge is 2.47. The van der Waals surface area contributed by atoms with Gasteiger partial charge >= 0.3 is 5.97 Å². The number of nitro groups is 1. The first-order valence-corrected chi connectivity index (χ1v) is 7.97. The topological polar surface area (TPSA) is 131 Å². The number of para-hydroxylation sites is 1. The quantitative estimate of drug-likeness (QED) is 0.369. The highest BCUT2D eigenvalue weighted by atomic mass is 16.6. The molecule has 1 aliphatic rings. The first kappa shape index (κ1) is 19.2. The van der Waals surface area contributed by atoms with Gasteiger partial charge in [0.25, 0.3) is 5.69 Å². The van der Waals surface area contributed by atoms with Crippen LogP contribution in [-0.2, 0) is 14.3 Å². The number of aliphatic hydroxyl groups excluding tert-OH is 1. The summed E-state index contributed by atoms with van der Waals surface area (Å²) in [4.78, 5) is 34.9. The number of hydrogen-bond acceptors (Lipinski definition) is 8. The molecule has 26 heavy (non-hydrogen) atoms. The van der Waals surface area contributed by atoms with Crippen LogP contribution in [0.25, 0.3) is 0 Å². The van der Waals surface area contributed by atoms with Crippen LogP contribution in [0.2, 0.25) is 0 Å². The largest absolute Gasteiger partial charge is 0.509 e. The molecule has 0 saturated heterocycles. The molecule has 0 aliphatic heterocycles. The van der Waals surface area contributed by atoms with E-state index in [1.54, 1.807) is 20.8 Å². The molecule has 1 aromatic rings. The number of allylic oxidation sites excluding steroid dienone is 1. The Hall–Kier alpha value is -3.10. The van der Waals surface area contributed by atoms with E-state index in [1.807, 2.05) is 0 Å². The number of benzene rings is 1. The fourth-order valence-corrected chi connectivity index (χ4v) is 2.82. The number of Topliss-reactive ketones (excluding diaryl/α,β-unsaturated/α-hetero) is 1. The van der Waals surface area contributed by atoms with Gasteiger partial charge in [0.1, 0.15) is 11.7 Å². The molecule has 0 amide bonds. The van der Waals surface area contributed by atoms with E-state index in [0.717, 1.165) is 0 Å². The summed E-state index contributed by atoms with van der Waals surface area (Å²) in [5, 5.41) is 28.9. The molecule has 1 aliphatic carbocycles. The van der Waals surface area contributed by atoms with Crippen LogP contribution in [0.4, 0.5) is 11.4 Å². The van der Waals surface area contributed by atoms with Crippen molar-refractivity contribution in [2.24, 2.45) is 21.6 Å².